The highest BCUT2D eigenvalue weighted by atomic mass is 32.2. The molecule has 1 heterocycles. The Morgan fingerprint density at radius 1 is 1.20 bits per heavy atom. The summed E-state index contributed by atoms with van der Waals surface area (Å²) in [6.07, 6.45) is 0. The molecule has 112 valence electrons. The lowest BCUT2D eigenvalue weighted by Crippen LogP contribution is -2.44. The first-order valence-electron chi connectivity index (χ1n) is 6.74. The molecule has 0 bridgehead atoms. The fourth-order valence-corrected chi connectivity index (χ4v) is 6.06. The zero-order valence-corrected chi connectivity index (χ0v) is 14.0. The van der Waals surface area contributed by atoms with Crippen LogP contribution in [0.25, 0.3) is 0 Å². The number of anilines is 1. The van der Waals surface area contributed by atoms with E-state index in [1.54, 1.807) is 17.3 Å². The molecule has 1 aromatic carbocycles. The number of hydrogen-bond donors (Lipinski definition) is 1. The quantitative estimate of drug-likeness (QED) is 0.852. The average Bonchev–Trinajstić information content (AvgIpc) is 2.32. The predicted molar refractivity (Wildman–Crippen MR) is 85.6 cm³/mol. The largest absolute Gasteiger partial charge is 0.398 e. The van der Waals surface area contributed by atoms with Gasteiger partial charge in [-0.2, -0.15) is 16.1 Å². The molecule has 2 N–H and O–H groups in total. The number of aryl methyl sites for hydroxylation is 1. The van der Waals surface area contributed by atoms with E-state index in [9.17, 15) is 8.42 Å². The molecule has 2 unspecified atom stereocenters. The van der Waals surface area contributed by atoms with Crippen LogP contribution in [0.15, 0.2) is 17.0 Å². The van der Waals surface area contributed by atoms with Crippen LogP contribution >= 0.6 is 11.8 Å². The highest BCUT2D eigenvalue weighted by molar-refractivity contribution is 8.00. The standard InChI is InChI=1S/C14H22N2O2S2/c1-9-5-13(15)12(4)14(6-9)20(17,18)16-7-10(2)19-11(3)8-16/h5-6,10-11H,7-8,15H2,1-4H3. The van der Waals surface area contributed by atoms with Crippen LogP contribution in [0.4, 0.5) is 5.69 Å². The summed E-state index contributed by atoms with van der Waals surface area (Å²) in [7, 11) is -3.46. The van der Waals surface area contributed by atoms with Crippen LogP contribution in [-0.2, 0) is 10.0 Å². The molecule has 2 rings (SSSR count). The summed E-state index contributed by atoms with van der Waals surface area (Å²) >= 11 is 1.84. The van der Waals surface area contributed by atoms with E-state index in [-0.39, 0.29) is 0 Å². The second-order valence-corrected chi connectivity index (χ2v) is 9.34. The van der Waals surface area contributed by atoms with Crippen LogP contribution in [-0.4, -0.2) is 36.3 Å². The molecule has 0 aromatic heterocycles. The van der Waals surface area contributed by atoms with Gasteiger partial charge in [0, 0.05) is 29.3 Å². The number of rotatable bonds is 2. The topological polar surface area (TPSA) is 63.4 Å². The molecule has 1 fully saturated rings. The van der Waals surface area contributed by atoms with Crippen LogP contribution < -0.4 is 5.73 Å². The Balaban J connectivity index is 2.45. The van der Waals surface area contributed by atoms with Crippen LogP contribution in [0.1, 0.15) is 25.0 Å². The van der Waals surface area contributed by atoms with Gasteiger partial charge in [-0.15, -0.1) is 0 Å². The number of sulfonamides is 1. The van der Waals surface area contributed by atoms with E-state index in [4.69, 9.17) is 5.73 Å². The summed E-state index contributed by atoms with van der Waals surface area (Å²) in [5.41, 5.74) is 7.97. The average molecular weight is 314 g/mol. The third-order valence-electron chi connectivity index (χ3n) is 3.55. The van der Waals surface area contributed by atoms with Gasteiger partial charge >= 0.3 is 0 Å². The first kappa shape index (κ1) is 15.7. The smallest absolute Gasteiger partial charge is 0.243 e. The predicted octanol–water partition coefficient (Wildman–Crippen LogP) is 2.40. The maximum absolute atomic E-state index is 12.9. The molecule has 1 aliphatic heterocycles. The van der Waals surface area contributed by atoms with Gasteiger partial charge in [0.2, 0.25) is 10.0 Å². The van der Waals surface area contributed by atoms with E-state index in [1.165, 1.54) is 0 Å². The van der Waals surface area contributed by atoms with Crippen molar-refractivity contribution in [3.05, 3.63) is 23.3 Å². The van der Waals surface area contributed by atoms with Crippen molar-refractivity contribution in [1.82, 2.24) is 4.31 Å². The Morgan fingerprint density at radius 3 is 2.30 bits per heavy atom. The van der Waals surface area contributed by atoms with Gasteiger partial charge in [-0.25, -0.2) is 8.42 Å². The van der Waals surface area contributed by atoms with Crippen LogP contribution in [0.3, 0.4) is 0 Å². The van der Waals surface area contributed by atoms with E-state index in [2.05, 4.69) is 13.8 Å². The van der Waals surface area contributed by atoms with Gasteiger partial charge in [-0.05, 0) is 37.1 Å². The summed E-state index contributed by atoms with van der Waals surface area (Å²) in [6.45, 7) is 8.90. The van der Waals surface area contributed by atoms with Gasteiger partial charge in [-0.3, -0.25) is 0 Å². The van der Waals surface area contributed by atoms with E-state index < -0.39 is 10.0 Å². The van der Waals surface area contributed by atoms with Gasteiger partial charge in [-0.1, -0.05) is 13.8 Å². The molecular formula is C14H22N2O2S2. The van der Waals surface area contributed by atoms with Gasteiger partial charge in [0.1, 0.15) is 0 Å². The SMILES string of the molecule is Cc1cc(N)c(C)c(S(=O)(=O)N2CC(C)SC(C)C2)c1. The molecule has 0 amide bonds. The van der Waals surface area contributed by atoms with E-state index in [0.717, 1.165) is 5.56 Å². The van der Waals surface area contributed by atoms with Crippen molar-refractivity contribution >= 4 is 27.5 Å². The lowest BCUT2D eigenvalue weighted by Gasteiger charge is -2.34. The van der Waals surface area contributed by atoms with E-state index >= 15 is 0 Å². The number of nitrogens with zero attached hydrogens (tertiary/aromatic N) is 1. The van der Waals surface area contributed by atoms with Gasteiger partial charge in [0.25, 0.3) is 0 Å². The summed E-state index contributed by atoms with van der Waals surface area (Å²) in [5.74, 6) is 0. The first-order valence-corrected chi connectivity index (χ1v) is 9.12. The normalized spacial score (nSPS) is 24.8. The van der Waals surface area contributed by atoms with Crippen LogP contribution in [0.5, 0.6) is 0 Å². The van der Waals surface area contributed by atoms with Crippen molar-refractivity contribution in [2.75, 3.05) is 18.8 Å². The molecule has 1 saturated heterocycles. The van der Waals surface area contributed by atoms with Crippen molar-refractivity contribution in [1.29, 1.82) is 0 Å². The molecule has 2 atom stereocenters. The van der Waals surface area contributed by atoms with Crippen LogP contribution in [0, 0.1) is 13.8 Å². The first-order chi connectivity index (χ1) is 9.21. The molecule has 1 aliphatic rings. The fourth-order valence-electron chi connectivity index (χ4n) is 2.59. The van der Waals surface area contributed by atoms with Crippen molar-refractivity contribution in [3.63, 3.8) is 0 Å². The monoisotopic (exact) mass is 314 g/mol. The minimum atomic E-state index is -3.46. The highest BCUT2D eigenvalue weighted by Crippen LogP contribution is 2.31. The lowest BCUT2D eigenvalue weighted by atomic mass is 10.1. The summed E-state index contributed by atoms with van der Waals surface area (Å²) in [4.78, 5) is 0.348. The highest BCUT2D eigenvalue weighted by Gasteiger charge is 2.33. The Kier molecular flexibility index (Phi) is 4.37. The van der Waals surface area contributed by atoms with E-state index in [0.29, 0.717) is 39.7 Å². The molecule has 20 heavy (non-hydrogen) atoms. The van der Waals surface area contributed by atoms with Gasteiger partial charge in [0.05, 0.1) is 4.90 Å². The van der Waals surface area contributed by atoms with Gasteiger partial charge < -0.3 is 5.73 Å². The minimum absolute atomic E-state index is 0.316. The number of thioether (sulfide) groups is 1. The second kappa shape index (κ2) is 5.58. The Hall–Kier alpha value is -0.720. The molecule has 6 heteroatoms. The molecule has 1 aromatic rings. The number of nitrogen functional groups attached to an aromatic ring is 1. The molecule has 4 nitrogen and oxygen atoms in total. The van der Waals surface area contributed by atoms with Crippen LogP contribution in [0.2, 0.25) is 0 Å². The number of nitrogens with two attached hydrogens (primary N) is 1. The third kappa shape index (κ3) is 2.97. The van der Waals surface area contributed by atoms with Gasteiger partial charge in [0.15, 0.2) is 0 Å². The maximum atomic E-state index is 12.9. The number of hydrogen-bond acceptors (Lipinski definition) is 4. The molecule has 0 saturated carbocycles. The van der Waals surface area contributed by atoms with Crippen molar-refractivity contribution in [2.24, 2.45) is 0 Å². The summed E-state index contributed by atoms with van der Waals surface area (Å²) in [6, 6.07) is 3.53. The molecule has 0 radical (unpaired) electrons. The minimum Gasteiger partial charge on any atom is -0.398 e. The second-order valence-electron chi connectivity index (χ2n) is 5.56. The lowest BCUT2D eigenvalue weighted by molar-refractivity contribution is 0.404. The fraction of sp³-hybridized carbons (Fsp3) is 0.571. The Bertz CT molecular complexity index is 604. The maximum Gasteiger partial charge on any atom is 0.243 e. The molecule has 0 spiro atoms. The van der Waals surface area contributed by atoms with E-state index in [1.807, 2.05) is 24.8 Å². The summed E-state index contributed by atoms with van der Waals surface area (Å²) < 4.78 is 27.3. The van der Waals surface area contributed by atoms with Crippen molar-refractivity contribution < 1.29 is 8.42 Å². The summed E-state index contributed by atoms with van der Waals surface area (Å²) in [5, 5.41) is 0.631. The zero-order valence-electron chi connectivity index (χ0n) is 12.4. The molecule has 0 aliphatic carbocycles. The van der Waals surface area contributed by atoms with Crippen molar-refractivity contribution in [3.8, 4) is 0 Å². The zero-order chi connectivity index (χ0) is 15.1. The third-order valence-corrected chi connectivity index (χ3v) is 6.73. The Morgan fingerprint density at radius 2 is 1.75 bits per heavy atom. The molecular weight excluding hydrogens is 292 g/mol. The van der Waals surface area contributed by atoms with Crippen molar-refractivity contribution in [2.45, 2.75) is 43.1 Å². The number of benzene rings is 1. The Labute approximate surface area is 125 Å².